The van der Waals surface area contributed by atoms with Gasteiger partial charge in [-0.1, -0.05) is 6.92 Å². The third-order valence-corrected chi connectivity index (χ3v) is 2.83. The van der Waals surface area contributed by atoms with Gasteiger partial charge in [-0.3, -0.25) is 0 Å². The van der Waals surface area contributed by atoms with Gasteiger partial charge in [0.2, 0.25) is 0 Å². The Labute approximate surface area is 84.9 Å². The maximum atomic E-state index is 5.81. The van der Waals surface area contributed by atoms with Crippen LogP contribution >= 0.6 is 0 Å². The normalized spacial score (nSPS) is 34.2. The first-order valence-corrected chi connectivity index (χ1v) is 5.43. The Hall–Kier alpha value is -0.770. The van der Waals surface area contributed by atoms with Crippen LogP contribution in [-0.4, -0.2) is 31.3 Å². The van der Waals surface area contributed by atoms with Crippen LogP contribution in [0.25, 0.3) is 0 Å². The van der Waals surface area contributed by atoms with Gasteiger partial charge in [0.1, 0.15) is 0 Å². The summed E-state index contributed by atoms with van der Waals surface area (Å²) in [5.74, 6) is 1.11. The molecule has 1 heterocycles. The van der Waals surface area contributed by atoms with Crippen molar-refractivity contribution in [1.29, 1.82) is 0 Å². The Kier molecular flexibility index (Phi) is 2.91. The Morgan fingerprint density at radius 1 is 1.43 bits per heavy atom. The molecular weight excluding hydrogens is 178 g/mol. The van der Waals surface area contributed by atoms with E-state index in [-0.39, 0.29) is 0 Å². The minimum atomic E-state index is 0.343. The summed E-state index contributed by atoms with van der Waals surface area (Å²) in [7, 11) is 0. The molecule has 0 spiro atoms. The van der Waals surface area contributed by atoms with E-state index in [1.54, 1.807) is 0 Å². The molecule has 2 fully saturated rings. The van der Waals surface area contributed by atoms with Crippen LogP contribution in [0.5, 0.6) is 0 Å². The number of rotatable bonds is 2. The van der Waals surface area contributed by atoms with Gasteiger partial charge < -0.3 is 15.8 Å². The average molecular weight is 197 g/mol. The fourth-order valence-electron chi connectivity index (χ4n) is 1.71. The predicted molar refractivity (Wildman–Crippen MR) is 56.2 cm³/mol. The number of nitrogens with one attached hydrogen (secondary N) is 1. The average Bonchev–Trinajstić information content (AvgIpc) is 2.93. The lowest BCUT2D eigenvalue weighted by Gasteiger charge is -2.26. The van der Waals surface area contributed by atoms with Gasteiger partial charge in [-0.05, 0) is 19.3 Å². The van der Waals surface area contributed by atoms with E-state index in [1.807, 2.05) is 0 Å². The van der Waals surface area contributed by atoms with Gasteiger partial charge in [-0.2, -0.15) is 0 Å². The van der Waals surface area contributed by atoms with Crippen molar-refractivity contribution in [3.05, 3.63) is 0 Å². The van der Waals surface area contributed by atoms with Gasteiger partial charge >= 0.3 is 0 Å². The number of guanidine groups is 1. The zero-order valence-corrected chi connectivity index (χ0v) is 8.70. The minimum Gasteiger partial charge on any atom is -0.381 e. The van der Waals surface area contributed by atoms with Crippen LogP contribution in [0.15, 0.2) is 4.99 Å². The van der Waals surface area contributed by atoms with Crippen molar-refractivity contribution in [3.8, 4) is 0 Å². The van der Waals surface area contributed by atoms with Gasteiger partial charge in [0, 0.05) is 18.6 Å². The van der Waals surface area contributed by atoms with Crippen LogP contribution in [0.3, 0.4) is 0 Å². The quantitative estimate of drug-likeness (QED) is 0.500. The monoisotopic (exact) mass is 197 g/mol. The standard InChI is InChI=1S/C10H19N3O/c1-7-6-14-5-4-9(7)13-10(11)12-8-2-3-8/h7-9H,2-6H2,1H3,(H3,11,12,13). The molecule has 0 aromatic carbocycles. The molecule has 14 heavy (non-hydrogen) atoms. The van der Waals surface area contributed by atoms with Gasteiger partial charge in [0.15, 0.2) is 5.96 Å². The summed E-state index contributed by atoms with van der Waals surface area (Å²) in [6.45, 7) is 3.79. The second-order valence-electron chi connectivity index (χ2n) is 4.34. The SMILES string of the molecule is CC1COCCC1N=C(N)NC1CC1. The third kappa shape index (κ3) is 2.61. The molecular formula is C10H19N3O. The molecule has 1 aliphatic heterocycles. The van der Waals surface area contributed by atoms with Crippen LogP contribution in [0, 0.1) is 5.92 Å². The Bertz CT molecular complexity index is 225. The number of hydrogen-bond acceptors (Lipinski definition) is 2. The first kappa shape index (κ1) is 9.77. The lowest BCUT2D eigenvalue weighted by atomic mass is 9.99. The van der Waals surface area contributed by atoms with E-state index >= 15 is 0 Å². The molecule has 3 N–H and O–H groups in total. The summed E-state index contributed by atoms with van der Waals surface area (Å²) in [6, 6.07) is 0.934. The topological polar surface area (TPSA) is 59.6 Å². The highest BCUT2D eigenvalue weighted by atomic mass is 16.5. The zero-order chi connectivity index (χ0) is 9.97. The van der Waals surface area contributed by atoms with Crippen molar-refractivity contribution in [3.63, 3.8) is 0 Å². The minimum absolute atomic E-state index is 0.343. The van der Waals surface area contributed by atoms with E-state index in [1.165, 1.54) is 12.8 Å². The van der Waals surface area contributed by atoms with Gasteiger partial charge in [0.05, 0.1) is 12.6 Å². The number of hydrogen-bond donors (Lipinski definition) is 2. The van der Waals surface area contributed by atoms with Crippen LogP contribution < -0.4 is 11.1 Å². The molecule has 0 bridgehead atoms. The van der Waals surface area contributed by atoms with E-state index in [4.69, 9.17) is 10.5 Å². The zero-order valence-electron chi connectivity index (χ0n) is 8.70. The largest absolute Gasteiger partial charge is 0.381 e. The summed E-state index contributed by atoms with van der Waals surface area (Å²) in [5, 5.41) is 3.21. The van der Waals surface area contributed by atoms with Crippen molar-refractivity contribution in [2.24, 2.45) is 16.6 Å². The Balaban J connectivity index is 1.85. The molecule has 0 aromatic heterocycles. The van der Waals surface area contributed by atoms with Crippen LogP contribution in [0.1, 0.15) is 26.2 Å². The molecule has 2 atom stereocenters. The molecule has 4 heteroatoms. The molecule has 1 saturated carbocycles. The molecule has 1 aliphatic carbocycles. The van der Waals surface area contributed by atoms with Crippen LogP contribution in [0.4, 0.5) is 0 Å². The summed E-state index contributed by atoms with van der Waals surface area (Å²) in [4.78, 5) is 4.50. The van der Waals surface area contributed by atoms with Crippen molar-refractivity contribution in [2.45, 2.75) is 38.3 Å². The Morgan fingerprint density at radius 3 is 2.86 bits per heavy atom. The summed E-state index contributed by atoms with van der Waals surface area (Å²) in [5.41, 5.74) is 5.81. The summed E-state index contributed by atoms with van der Waals surface area (Å²) >= 11 is 0. The molecule has 0 radical (unpaired) electrons. The molecule has 0 aromatic rings. The van der Waals surface area contributed by atoms with E-state index in [0.29, 0.717) is 24.0 Å². The summed E-state index contributed by atoms with van der Waals surface area (Å²) < 4.78 is 5.36. The predicted octanol–water partition coefficient (Wildman–Crippen LogP) is 0.478. The van der Waals surface area contributed by atoms with E-state index in [9.17, 15) is 0 Å². The number of nitrogens with two attached hydrogens (primary N) is 1. The second kappa shape index (κ2) is 4.17. The highest BCUT2D eigenvalue weighted by Gasteiger charge is 2.24. The molecule has 1 saturated heterocycles. The molecule has 0 amide bonds. The molecule has 2 aliphatic rings. The highest BCUT2D eigenvalue weighted by Crippen LogP contribution is 2.19. The smallest absolute Gasteiger partial charge is 0.189 e. The first-order chi connectivity index (χ1) is 6.75. The summed E-state index contributed by atoms with van der Waals surface area (Å²) in [6.07, 6.45) is 3.47. The lowest BCUT2D eigenvalue weighted by Crippen LogP contribution is -2.37. The van der Waals surface area contributed by atoms with Crippen molar-refractivity contribution in [1.82, 2.24) is 5.32 Å². The van der Waals surface area contributed by atoms with Gasteiger partial charge in [-0.15, -0.1) is 0 Å². The maximum Gasteiger partial charge on any atom is 0.189 e. The van der Waals surface area contributed by atoms with Gasteiger partial charge in [-0.25, -0.2) is 4.99 Å². The van der Waals surface area contributed by atoms with E-state index < -0.39 is 0 Å². The first-order valence-electron chi connectivity index (χ1n) is 5.43. The molecule has 4 nitrogen and oxygen atoms in total. The van der Waals surface area contributed by atoms with Crippen molar-refractivity contribution in [2.75, 3.05) is 13.2 Å². The molecule has 2 rings (SSSR count). The van der Waals surface area contributed by atoms with E-state index in [2.05, 4.69) is 17.2 Å². The number of aliphatic imine (C=N–C) groups is 1. The molecule has 80 valence electrons. The van der Waals surface area contributed by atoms with E-state index in [0.717, 1.165) is 19.6 Å². The fraction of sp³-hybridized carbons (Fsp3) is 0.900. The lowest BCUT2D eigenvalue weighted by molar-refractivity contribution is 0.0496. The number of nitrogens with zero attached hydrogens (tertiary/aromatic N) is 1. The third-order valence-electron chi connectivity index (χ3n) is 2.83. The Morgan fingerprint density at radius 2 is 2.21 bits per heavy atom. The number of ether oxygens (including phenoxy) is 1. The van der Waals surface area contributed by atoms with Gasteiger partial charge in [0.25, 0.3) is 0 Å². The van der Waals surface area contributed by atoms with Crippen molar-refractivity contribution < 1.29 is 4.74 Å². The maximum absolute atomic E-state index is 5.81. The highest BCUT2D eigenvalue weighted by molar-refractivity contribution is 5.78. The van der Waals surface area contributed by atoms with Crippen LogP contribution in [0.2, 0.25) is 0 Å². The second-order valence-corrected chi connectivity index (χ2v) is 4.34. The fourth-order valence-corrected chi connectivity index (χ4v) is 1.71. The molecule has 2 unspecified atom stereocenters. The van der Waals surface area contributed by atoms with Crippen LogP contribution in [-0.2, 0) is 4.74 Å². The van der Waals surface area contributed by atoms with Crippen molar-refractivity contribution >= 4 is 5.96 Å².